The van der Waals surface area contributed by atoms with Gasteiger partial charge in [-0.1, -0.05) is 18.2 Å². The average Bonchev–Trinajstić information content (AvgIpc) is 3.13. The van der Waals surface area contributed by atoms with E-state index in [1.165, 1.54) is 30.4 Å². The van der Waals surface area contributed by atoms with Crippen LogP contribution in [0.5, 0.6) is 5.75 Å². The largest absolute Gasteiger partial charge is 0.508 e. The molecule has 0 aliphatic heterocycles. The quantitative estimate of drug-likeness (QED) is 0.601. The Morgan fingerprint density at radius 1 is 1.19 bits per heavy atom. The summed E-state index contributed by atoms with van der Waals surface area (Å²) in [5.74, 6) is -0.520. The molecule has 26 heavy (non-hydrogen) atoms. The molecule has 2 heterocycles. The number of nitrogen functional groups attached to an aromatic ring is 1. The maximum atomic E-state index is 12.7. The number of anilines is 1. The number of Topliss-reactive ketones (excluding diaryl/α,β-unsaturated/α-hetero) is 1. The van der Waals surface area contributed by atoms with Crippen molar-refractivity contribution in [2.24, 2.45) is 0 Å². The third kappa shape index (κ3) is 3.73. The second-order valence-electron chi connectivity index (χ2n) is 5.70. The fraction of sp³-hybridized carbons (Fsp3) is 0.105. The van der Waals surface area contributed by atoms with Gasteiger partial charge in [0.2, 0.25) is 0 Å². The molecule has 0 aliphatic carbocycles. The van der Waals surface area contributed by atoms with E-state index in [2.05, 4.69) is 10.3 Å². The molecular formula is C19H17N3O3S. The van der Waals surface area contributed by atoms with Gasteiger partial charge in [0.1, 0.15) is 17.3 Å². The molecule has 0 aliphatic rings. The van der Waals surface area contributed by atoms with Crippen molar-refractivity contribution in [1.82, 2.24) is 10.3 Å². The Hall–Kier alpha value is -3.19. The Kier molecular flexibility index (Phi) is 4.99. The summed E-state index contributed by atoms with van der Waals surface area (Å²) in [7, 11) is 0. The molecule has 1 atom stereocenters. The highest BCUT2D eigenvalue weighted by Gasteiger charge is 2.21. The van der Waals surface area contributed by atoms with Crippen molar-refractivity contribution < 1.29 is 14.7 Å². The van der Waals surface area contributed by atoms with Crippen LogP contribution in [0.1, 0.15) is 44.3 Å². The van der Waals surface area contributed by atoms with E-state index in [1.807, 2.05) is 23.6 Å². The van der Waals surface area contributed by atoms with E-state index >= 15 is 0 Å². The van der Waals surface area contributed by atoms with Gasteiger partial charge in [-0.3, -0.25) is 9.59 Å². The van der Waals surface area contributed by atoms with Crippen molar-refractivity contribution in [1.29, 1.82) is 0 Å². The van der Waals surface area contributed by atoms with Gasteiger partial charge in [-0.05, 0) is 41.3 Å². The second-order valence-corrected chi connectivity index (χ2v) is 6.68. The van der Waals surface area contributed by atoms with Crippen LogP contribution in [0.15, 0.2) is 53.9 Å². The Labute approximate surface area is 154 Å². The van der Waals surface area contributed by atoms with E-state index in [0.29, 0.717) is 0 Å². The Balaban J connectivity index is 1.92. The summed E-state index contributed by atoms with van der Waals surface area (Å²) in [6.45, 7) is 1.39. The third-order valence-electron chi connectivity index (χ3n) is 3.84. The maximum absolute atomic E-state index is 12.7. The van der Waals surface area contributed by atoms with Crippen molar-refractivity contribution in [3.8, 4) is 5.75 Å². The lowest BCUT2D eigenvalue weighted by atomic mass is 10.0. The van der Waals surface area contributed by atoms with E-state index < -0.39 is 11.9 Å². The number of ketones is 1. The number of rotatable bonds is 5. The van der Waals surface area contributed by atoms with E-state index in [0.717, 1.165) is 10.4 Å². The topological polar surface area (TPSA) is 105 Å². The number of carbonyl (C=O) groups excluding carboxylic acids is 2. The minimum absolute atomic E-state index is 0.00367. The Morgan fingerprint density at radius 2 is 2.00 bits per heavy atom. The normalized spacial score (nSPS) is 11.7. The number of benzene rings is 1. The highest BCUT2D eigenvalue weighted by Crippen LogP contribution is 2.28. The predicted octanol–water partition coefficient (Wildman–Crippen LogP) is 3.15. The summed E-state index contributed by atoms with van der Waals surface area (Å²) in [6.07, 6.45) is 0. The number of pyridine rings is 1. The summed E-state index contributed by atoms with van der Waals surface area (Å²) >= 11 is 1.49. The first-order chi connectivity index (χ1) is 12.5. The first-order valence-corrected chi connectivity index (χ1v) is 8.74. The number of thiophene rings is 1. The minimum Gasteiger partial charge on any atom is -0.508 e. The number of hydrogen-bond donors (Lipinski definition) is 3. The number of amides is 1. The molecule has 0 saturated heterocycles. The van der Waals surface area contributed by atoms with Gasteiger partial charge in [0.05, 0.1) is 11.6 Å². The molecular weight excluding hydrogens is 350 g/mol. The van der Waals surface area contributed by atoms with Gasteiger partial charge < -0.3 is 16.2 Å². The lowest BCUT2D eigenvalue weighted by molar-refractivity contribution is 0.0941. The van der Waals surface area contributed by atoms with Gasteiger partial charge in [-0.15, -0.1) is 11.3 Å². The van der Waals surface area contributed by atoms with Crippen LogP contribution in [-0.4, -0.2) is 21.8 Å². The minimum atomic E-state index is -0.443. The van der Waals surface area contributed by atoms with E-state index in [-0.39, 0.29) is 28.6 Å². The lowest BCUT2D eigenvalue weighted by Gasteiger charge is -2.19. The molecule has 0 spiro atoms. The fourth-order valence-corrected chi connectivity index (χ4v) is 3.35. The van der Waals surface area contributed by atoms with Crippen molar-refractivity contribution in [3.63, 3.8) is 0 Å². The summed E-state index contributed by atoms with van der Waals surface area (Å²) in [4.78, 5) is 29.0. The first kappa shape index (κ1) is 17.6. The van der Waals surface area contributed by atoms with Crippen LogP contribution in [0.2, 0.25) is 0 Å². The zero-order chi connectivity index (χ0) is 18.7. The lowest BCUT2D eigenvalue weighted by Crippen LogP contribution is -2.29. The first-order valence-electron chi connectivity index (χ1n) is 7.86. The van der Waals surface area contributed by atoms with Crippen LogP contribution < -0.4 is 11.1 Å². The number of hydrogen-bond acceptors (Lipinski definition) is 6. The molecule has 0 saturated carbocycles. The van der Waals surface area contributed by atoms with Gasteiger partial charge in [-0.25, -0.2) is 4.98 Å². The second kappa shape index (κ2) is 7.37. The molecule has 0 radical (unpaired) electrons. The summed E-state index contributed by atoms with van der Waals surface area (Å²) in [5.41, 5.74) is 7.00. The molecule has 4 N–H and O–H groups in total. The van der Waals surface area contributed by atoms with Crippen LogP contribution in [-0.2, 0) is 0 Å². The highest BCUT2D eigenvalue weighted by molar-refractivity contribution is 7.10. The average molecular weight is 367 g/mol. The standard InChI is InChI=1S/C19H17N3O3S/c1-11(23)15-8-7-14(18(20)21-15)19(25)22-17(16-6-3-9-26-16)12-4-2-5-13(24)10-12/h2-10,17,24H,1H3,(H2,20,21)(H,22,25). The monoisotopic (exact) mass is 367 g/mol. The van der Waals surface area contributed by atoms with E-state index in [4.69, 9.17) is 5.73 Å². The van der Waals surface area contributed by atoms with Crippen LogP contribution in [0, 0.1) is 0 Å². The molecule has 7 heteroatoms. The third-order valence-corrected chi connectivity index (χ3v) is 4.77. The molecule has 0 fully saturated rings. The molecule has 6 nitrogen and oxygen atoms in total. The maximum Gasteiger partial charge on any atom is 0.255 e. The van der Waals surface area contributed by atoms with Gasteiger partial charge in [0.15, 0.2) is 5.78 Å². The van der Waals surface area contributed by atoms with Crippen LogP contribution in [0.3, 0.4) is 0 Å². The zero-order valence-electron chi connectivity index (χ0n) is 14.0. The number of nitrogens with zero attached hydrogens (tertiary/aromatic N) is 1. The predicted molar refractivity (Wildman–Crippen MR) is 100 cm³/mol. The molecule has 1 unspecified atom stereocenters. The number of phenols is 1. The summed E-state index contributed by atoms with van der Waals surface area (Å²) < 4.78 is 0. The van der Waals surface area contributed by atoms with Crippen LogP contribution in [0.4, 0.5) is 5.82 Å². The van der Waals surface area contributed by atoms with Gasteiger partial charge >= 0.3 is 0 Å². The van der Waals surface area contributed by atoms with Crippen molar-refractivity contribution in [2.75, 3.05) is 5.73 Å². The highest BCUT2D eigenvalue weighted by atomic mass is 32.1. The zero-order valence-corrected chi connectivity index (χ0v) is 14.8. The Bertz CT molecular complexity index is 954. The molecule has 3 aromatic rings. The van der Waals surface area contributed by atoms with Gasteiger partial charge in [0.25, 0.3) is 5.91 Å². The van der Waals surface area contributed by atoms with Gasteiger partial charge in [0, 0.05) is 11.8 Å². The molecule has 3 rings (SSSR count). The van der Waals surface area contributed by atoms with Crippen molar-refractivity contribution in [2.45, 2.75) is 13.0 Å². The van der Waals surface area contributed by atoms with E-state index in [1.54, 1.807) is 18.2 Å². The molecule has 1 aromatic carbocycles. The summed E-state index contributed by atoms with van der Waals surface area (Å²) in [5, 5.41) is 14.6. The number of aromatic nitrogens is 1. The number of phenolic OH excluding ortho intramolecular Hbond substituents is 1. The molecule has 2 aromatic heterocycles. The molecule has 132 valence electrons. The number of nitrogens with one attached hydrogen (secondary N) is 1. The number of aromatic hydroxyl groups is 1. The van der Waals surface area contributed by atoms with Crippen molar-refractivity contribution in [3.05, 3.63) is 75.6 Å². The Morgan fingerprint density at radius 3 is 2.62 bits per heavy atom. The number of carbonyl (C=O) groups is 2. The van der Waals surface area contributed by atoms with Gasteiger partial charge in [-0.2, -0.15) is 0 Å². The molecule has 0 bridgehead atoms. The summed E-state index contributed by atoms with van der Waals surface area (Å²) in [6, 6.07) is 13.0. The SMILES string of the molecule is CC(=O)c1ccc(C(=O)NC(c2cccc(O)c2)c2cccs2)c(N)n1. The number of nitrogens with two attached hydrogens (primary N) is 1. The molecule has 1 amide bonds. The van der Waals surface area contributed by atoms with Crippen molar-refractivity contribution >= 4 is 28.8 Å². The fourth-order valence-electron chi connectivity index (χ4n) is 2.55. The smallest absolute Gasteiger partial charge is 0.255 e. The van der Waals surface area contributed by atoms with Crippen LogP contribution in [0.25, 0.3) is 0 Å². The van der Waals surface area contributed by atoms with Crippen LogP contribution >= 0.6 is 11.3 Å². The van der Waals surface area contributed by atoms with E-state index in [9.17, 15) is 14.7 Å².